The molecule has 3 atom stereocenters. The highest BCUT2D eigenvalue weighted by Crippen LogP contribution is 2.59. The highest BCUT2D eigenvalue weighted by Gasteiger charge is 2.57. The Morgan fingerprint density at radius 2 is 1.45 bits per heavy atom. The van der Waals surface area contributed by atoms with E-state index >= 15 is 0 Å². The van der Waals surface area contributed by atoms with Crippen molar-refractivity contribution in [2.75, 3.05) is 35.0 Å². The summed E-state index contributed by atoms with van der Waals surface area (Å²) in [5.41, 5.74) is 2.40. The number of fused-ring (bicyclic) bond motifs is 7. The molecule has 1 saturated heterocycles. The molecule has 44 heavy (non-hydrogen) atoms. The first kappa shape index (κ1) is 31.7. The van der Waals surface area contributed by atoms with Gasteiger partial charge in [0.15, 0.2) is 34.8 Å². The minimum atomic E-state index is -2.44. The number of aliphatic hydroxyl groups is 1. The maximum Gasteiger partial charge on any atom is 0.252 e. The third-order valence-corrected chi connectivity index (χ3v) is 14.2. The van der Waals surface area contributed by atoms with Gasteiger partial charge in [0.05, 0.1) is 45.6 Å². The van der Waals surface area contributed by atoms with Gasteiger partial charge in [-0.2, -0.15) is 0 Å². The number of amides is 1. The van der Waals surface area contributed by atoms with E-state index in [1.807, 2.05) is 6.92 Å². The number of hydrogen-bond acceptors (Lipinski definition) is 10. The number of phenols is 2. The van der Waals surface area contributed by atoms with E-state index in [0.29, 0.717) is 39.6 Å². The summed E-state index contributed by atoms with van der Waals surface area (Å²) in [5, 5.41) is 33.5. The minimum absolute atomic E-state index is 0.0315. The zero-order chi connectivity index (χ0) is 32.8. The van der Waals surface area contributed by atoms with E-state index in [4.69, 9.17) is 18.6 Å². The van der Waals surface area contributed by atoms with Crippen LogP contribution < -0.4 is 18.6 Å². The van der Waals surface area contributed by atoms with E-state index < -0.39 is 44.7 Å². The number of carbonyl (C=O) groups is 2. The topological polar surface area (TPSA) is 138 Å². The SMILES string of the molecule is COc1c(C)c(O)c2c(c1O)[C@H]1C3=Cc4c(O[Si](C)(C)C(C)(C)C)c(C)c(OC)c(OC)c4[C@H](CO)N3C(=O)[C@H](C2=O)N1C. The van der Waals surface area contributed by atoms with Crippen LogP contribution in [0.1, 0.15) is 71.0 Å². The number of rotatable bonds is 6. The van der Waals surface area contributed by atoms with Crippen LogP contribution in [0.2, 0.25) is 18.1 Å². The third kappa shape index (κ3) is 4.07. The number of carbonyl (C=O) groups excluding carboxylic acids is 2. The van der Waals surface area contributed by atoms with Crippen LogP contribution in [0, 0.1) is 13.8 Å². The van der Waals surface area contributed by atoms with Crippen molar-refractivity contribution in [1.82, 2.24) is 9.80 Å². The van der Waals surface area contributed by atoms with E-state index in [0.717, 1.165) is 0 Å². The second kappa shape index (κ2) is 10.4. The third-order valence-electron chi connectivity index (χ3n) is 9.84. The van der Waals surface area contributed by atoms with Crippen molar-refractivity contribution in [2.45, 2.75) is 70.9 Å². The molecule has 2 aromatic carbocycles. The van der Waals surface area contributed by atoms with Crippen molar-refractivity contribution in [1.29, 1.82) is 0 Å². The molecule has 0 spiro atoms. The molecular weight excluding hydrogens is 584 g/mol. The lowest BCUT2D eigenvalue weighted by molar-refractivity contribution is -0.141. The van der Waals surface area contributed by atoms with Crippen molar-refractivity contribution in [3.05, 3.63) is 39.1 Å². The molecule has 12 heteroatoms. The second-order valence-corrected chi connectivity index (χ2v) is 17.9. The lowest BCUT2D eigenvalue weighted by Crippen LogP contribution is -2.62. The van der Waals surface area contributed by atoms with E-state index in [-0.39, 0.29) is 39.0 Å². The van der Waals surface area contributed by atoms with Crippen LogP contribution in [0.3, 0.4) is 0 Å². The van der Waals surface area contributed by atoms with Crippen molar-refractivity contribution in [3.63, 3.8) is 0 Å². The number of hydrogen-bond donors (Lipinski definition) is 3. The van der Waals surface area contributed by atoms with Crippen LogP contribution in [0.25, 0.3) is 6.08 Å². The van der Waals surface area contributed by atoms with Gasteiger partial charge in [-0.1, -0.05) is 20.8 Å². The minimum Gasteiger partial charge on any atom is -0.543 e. The van der Waals surface area contributed by atoms with Crippen LogP contribution in [-0.4, -0.2) is 86.2 Å². The van der Waals surface area contributed by atoms with E-state index in [9.17, 15) is 24.9 Å². The molecule has 0 saturated carbocycles. The number of Topliss-reactive ketones (excluding diaryl/α,β-unsaturated/α-hetero) is 1. The molecule has 3 aliphatic heterocycles. The predicted octanol–water partition coefficient (Wildman–Crippen LogP) is 4.59. The Morgan fingerprint density at radius 1 is 0.864 bits per heavy atom. The molecule has 5 rings (SSSR count). The summed E-state index contributed by atoms with van der Waals surface area (Å²) in [6.07, 6.45) is 1.80. The second-order valence-electron chi connectivity index (χ2n) is 13.2. The van der Waals surface area contributed by atoms with Gasteiger partial charge < -0.3 is 38.9 Å². The van der Waals surface area contributed by atoms with Gasteiger partial charge in [-0.25, -0.2) is 0 Å². The van der Waals surface area contributed by atoms with Crippen molar-refractivity contribution in [2.24, 2.45) is 0 Å². The Hall–Kier alpha value is -3.74. The van der Waals surface area contributed by atoms with Gasteiger partial charge in [0.25, 0.3) is 14.2 Å². The average Bonchev–Trinajstić information content (AvgIpc) is 2.95. The standard InChI is InChI=1S/C32H42N2O9Si/c1-14-24(36)21-20(26(38)28(14)40-7)22-17-12-16-19(18(13-35)34(17)31(39)23(25(21)37)33(22)6)30(42-9)29(41-8)15(2)27(16)43-44(10,11)32(3,4)5/h12,18,22-23,35-36,38H,13H2,1-11H3/t18-,22+,23-/m0/s1. The predicted molar refractivity (Wildman–Crippen MR) is 166 cm³/mol. The molecule has 1 amide bonds. The van der Waals surface area contributed by atoms with Gasteiger partial charge in [0.1, 0.15) is 11.5 Å². The van der Waals surface area contributed by atoms with E-state index in [1.54, 1.807) is 18.0 Å². The summed E-state index contributed by atoms with van der Waals surface area (Å²) in [5.74, 6) is -0.528. The lowest BCUT2D eigenvalue weighted by atomic mass is 9.77. The molecule has 0 unspecified atom stereocenters. The number of likely N-dealkylation sites (N-methyl/N-ethyl adjacent to an activating group) is 1. The zero-order valence-electron chi connectivity index (χ0n) is 27.2. The molecule has 0 aliphatic carbocycles. The molecule has 238 valence electrons. The smallest absolute Gasteiger partial charge is 0.252 e. The Labute approximate surface area is 258 Å². The number of nitrogens with zero attached hydrogens (tertiary/aromatic N) is 2. The maximum absolute atomic E-state index is 14.3. The number of benzene rings is 2. The number of piperazine rings is 1. The summed E-state index contributed by atoms with van der Waals surface area (Å²) in [6.45, 7) is 13.6. The molecule has 3 N–H and O–H groups in total. The fraction of sp³-hybridized carbons (Fsp3) is 0.500. The summed E-state index contributed by atoms with van der Waals surface area (Å²) in [7, 11) is 3.58. The summed E-state index contributed by atoms with van der Waals surface area (Å²) in [6, 6.07) is -3.14. The van der Waals surface area contributed by atoms with Crippen LogP contribution in [-0.2, 0) is 4.79 Å². The van der Waals surface area contributed by atoms with E-state index in [2.05, 4.69) is 33.9 Å². The van der Waals surface area contributed by atoms with Gasteiger partial charge in [-0.3, -0.25) is 14.5 Å². The largest absolute Gasteiger partial charge is 0.543 e. The first-order valence-corrected chi connectivity index (χ1v) is 17.4. The average molecular weight is 627 g/mol. The number of ketones is 1. The summed E-state index contributed by atoms with van der Waals surface area (Å²) >= 11 is 0. The highest BCUT2D eigenvalue weighted by molar-refractivity contribution is 6.74. The quantitative estimate of drug-likeness (QED) is 0.237. The Balaban J connectivity index is 1.92. The van der Waals surface area contributed by atoms with Crippen molar-refractivity contribution in [3.8, 4) is 34.5 Å². The first-order valence-electron chi connectivity index (χ1n) is 14.5. The summed E-state index contributed by atoms with van der Waals surface area (Å²) in [4.78, 5) is 31.2. The highest BCUT2D eigenvalue weighted by atomic mass is 28.4. The van der Waals surface area contributed by atoms with Crippen molar-refractivity contribution < 1.29 is 43.5 Å². The fourth-order valence-corrected chi connectivity index (χ4v) is 7.63. The van der Waals surface area contributed by atoms with Crippen LogP contribution in [0.5, 0.6) is 34.5 Å². The maximum atomic E-state index is 14.3. The molecule has 2 aromatic rings. The molecule has 0 radical (unpaired) electrons. The number of aromatic hydroxyl groups is 2. The Morgan fingerprint density at radius 3 is 1.98 bits per heavy atom. The molecule has 3 heterocycles. The van der Waals surface area contributed by atoms with Crippen LogP contribution >= 0.6 is 0 Å². The van der Waals surface area contributed by atoms with E-state index in [1.165, 1.54) is 33.2 Å². The Kier molecular flexibility index (Phi) is 7.50. The van der Waals surface area contributed by atoms with Crippen LogP contribution in [0.15, 0.2) is 5.70 Å². The monoisotopic (exact) mass is 626 g/mol. The zero-order valence-corrected chi connectivity index (χ0v) is 28.2. The molecular formula is C32H42N2O9Si. The molecule has 11 nitrogen and oxygen atoms in total. The normalized spacial score (nSPS) is 21.3. The first-order chi connectivity index (χ1) is 20.5. The molecule has 3 aliphatic rings. The molecule has 2 bridgehead atoms. The number of aliphatic hydroxyl groups excluding tert-OH is 1. The fourth-order valence-electron chi connectivity index (χ4n) is 6.55. The van der Waals surface area contributed by atoms with Gasteiger partial charge in [-0.15, -0.1) is 0 Å². The number of ether oxygens (including phenoxy) is 3. The van der Waals surface area contributed by atoms with Gasteiger partial charge in [0.2, 0.25) is 0 Å². The molecule has 1 fully saturated rings. The van der Waals surface area contributed by atoms with Crippen LogP contribution in [0.4, 0.5) is 0 Å². The number of methoxy groups -OCH3 is 3. The van der Waals surface area contributed by atoms with Gasteiger partial charge in [0, 0.05) is 33.5 Å². The summed E-state index contributed by atoms with van der Waals surface area (Å²) < 4.78 is 24.1. The number of phenolic OH excluding ortho intramolecular Hbond substituents is 2. The molecule has 0 aromatic heterocycles. The van der Waals surface area contributed by atoms with Gasteiger partial charge >= 0.3 is 0 Å². The van der Waals surface area contributed by atoms with Crippen molar-refractivity contribution >= 4 is 26.1 Å². The Bertz CT molecular complexity index is 1630. The lowest BCUT2D eigenvalue weighted by Gasteiger charge is -2.52. The van der Waals surface area contributed by atoms with Gasteiger partial charge in [-0.05, 0) is 45.1 Å².